The molecule has 9 heteroatoms. The van der Waals surface area contributed by atoms with Gasteiger partial charge in [0.25, 0.3) is 5.69 Å². The molecule has 1 unspecified atom stereocenters. The van der Waals surface area contributed by atoms with Crippen molar-refractivity contribution in [2.24, 2.45) is 0 Å². The van der Waals surface area contributed by atoms with E-state index in [1.165, 1.54) is 17.7 Å². The number of rotatable bonds is 5. The minimum absolute atomic E-state index is 0. The van der Waals surface area contributed by atoms with E-state index in [0.29, 0.717) is 5.56 Å². The predicted octanol–water partition coefficient (Wildman–Crippen LogP) is 2.49. The molecule has 7 nitrogen and oxygen atoms in total. The molecule has 0 saturated carbocycles. The second kappa shape index (κ2) is 8.13. The Morgan fingerprint density at radius 2 is 1.96 bits per heavy atom. The predicted molar refractivity (Wildman–Crippen MR) is 101 cm³/mol. The fourth-order valence-electron chi connectivity index (χ4n) is 3.17. The summed E-state index contributed by atoms with van der Waals surface area (Å²) in [5.41, 5.74) is 2.17. The van der Waals surface area contributed by atoms with E-state index in [2.05, 4.69) is 10.0 Å². The summed E-state index contributed by atoms with van der Waals surface area (Å²) < 4.78 is 27.9. The number of nitro benzene ring substituents is 1. The standard InChI is InChI=1S/C17H19N3O4S.ClH/c1-12-5-4-8-16(20(21)22)17(12)25(23,24)19-11-15-14-7-3-2-6-13(14)9-10-18-15;/h2-8,15,18-19H,9-11H2,1H3;1H. The zero-order chi connectivity index (χ0) is 18.0. The average Bonchev–Trinajstić information content (AvgIpc) is 2.59. The van der Waals surface area contributed by atoms with Crippen LogP contribution in [0.3, 0.4) is 0 Å². The highest BCUT2D eigenvalue weighted by Gasteiger charge is 2.29. The molecule has 0 aromatic heterocycles. The monoisotopic (exact) mass is 397 g/mol. The summed E-state index contributed by atoms with van der Waals surface area (Å²) in [7, 11) is -4.00. The Morgan fingerprint density at radius 1 is 1.23 bits per heavy atom. The fraction of sp³-hybridized carbons (Fsp3) is 0.294. The van der Waals surface area contributed by atoms with E-state index in [1.807, 2.05) is 24.3 Å². The summed E-state index contributed by atoms with van der Waals surface area (Å²) in [6.07, 6.45) is 0.892. The van der Waals surface area contributed by atoms with E-state index in [1.54, 1.807) is 13.0 Å². The van der Waals surface area contributed by atoms with Crippen molar-refractivity contribution in [3.63, 3.8) is 0 Å². The Morgan fingerprint density at radius 3 is 2.69 bits per heavy atom. The number of hydrogen-bond donors (Lipinski definition) is 2. The van der Waals surface area contributed by atoms with E-state index in [0.717, 1.165) is 18.5 Å². The molecule has 3 rings (SSSR count). The van der Waals surface area contributed by atoms with Crippen molar-refractivity contribution in [3.8, 4) is 0 Å². The molecule has 0 fully saturated rings. The van der Waals surface area contributed by atoms with Gasteiger partial charge in [-0.05, 0) is 36.6 Å². The molecule has 0 amide bonds. The van der Waals surface area contributed by atoms with Crippen LogP contribution in [0.25, 0.3) is 0 Å². The highest BCUT2D eigenvalue weighted by molar-refractivity contribution is 7.89. The maximum atomic E-state index is 12.7. The smallest absolute Gasteiger partial charge is 0.289 e. The van der Waals surface area contributed by atoms with Gasteiger partial charge in [0.15, 0.2) is 4.90 Å². The quantitative estimate of drug-likeness (QED) is 0.596. The normalized spacial score (nSPS) is 16.4. The Bertz CT molecular complexity index is 918. The van der Waals surface area contributed by atoms with Crippen LogP contribution < -0.4 is 10.0 Å². The molecule has 1 atom stereocenters. The van der Waals surface area contributed by atoms with Crippen LogP contribution in [0.2, 0.25) is 0 Å². The summed E-state index contributed by atoms with van der Waals surface area (Å²) in [6, 6.07) is 11.9. The molecule has 0 radical (unpaired) electrons. The maximum absolute atomic E-state index is 12.7. The highest BCUT2D eigenvalue weighted by atomic mass is 35.5. The molecule has 1 heterocycles. The van der Waals surface area contributed by atoms with Crippen molar-refractivity contribution in [2.45, 2.75) is 24.3 Å². The van der Waals surface area contributed by atoms with Gasteiger partial charge in [0.2, 0.25) is 10.0 Å². The molecule has 2 aromatic rings. The van der Waals surface area contributed by atoms with E-state index in [4.69, 9.17) is 0 Å². The molecule has 0 bridgehead atoms. The highest BCUT2D eigenvalue weighted by Crippen LogP contribution is 2.27. The number of nitrogens with one attached hydrogen (secondary N) is 2. The van der Waals surface area contributed by atoms with Crippen molar-refractivity contribution in [1.82, 2.24) is 10.0 Å². The Hall–Kier alpha value is -2.00. The third-order valence-electron chi connectivity index (χ3n) is 4.35. The molecule has 26 heavy (non-hydrogen) atoms. The molecule has 0 aliphatic carbocycles. The summed E-state index contributed by atoms with van der Waals surface area (Å²) in [4.78, 5) is 10.2. The Balaban J connectivity index is 0.00000243. The number of hydrogen-bond acceptors (Lipinski definition) is 5. The number of nitro groups is 1. The van der Waals surface area contributed by atoms with Gasteiger partial charge >= 0.3 is 0 Å². The minimum atomic E-state index is -4.00. The first-order valence-corrected chi connectivity index (χ1v) is 9.43. The molecule has 2 aromatic carbocycles. The van der Waals surface area contributed by atoms with E-state index in [-0.39, 0.29) is 29.9 Å². The third-order valence-corrected chi connectivity index (χ3v) is 5.96. The van der Waals surface area contributed by atoms with Gasteiger partial charge in [-0.2, -0.15) is 0 Å². The van der Waals surface area contributed by atoms with Gasteiger partial charge < -0.3 is 5.32 Å². The van der Waals surface area contributed by atoms with Crippen LogP contribution in [0, 0.1) is 17.0 Å². The van der Waals surface area contributed by atoms with Crippen LogP contribution >= 0.6 is 12.4 Å². The summed E-state index contributed by atoms with van der Waals surface area (Å²) >= 11 is 0. The zero-order valence-corrected chi connectivity index (χ0v) is 15.8. The summed E-state index contributed by atoms with van der Waals surface area (Å²) in [5.74, 6) is 0. The van der Waals surface area contributed by atoms with Crippen molar-refractivity contribution in [2.75, 3.05) is 13.1 Å². The van der Waals surface area contributed by atoms with Crippen molar-refractivity contribution < 1.29 is 13.3 Å². The van der Waals surface area contributed by atoms with Crippen LogP contribution in [0.5, 0.6) is 0 Å². The number of nitrogens with zero attached hydrogens (tertiary/aromatic N) is 1. The number of fused-ring (bicyclic) bond motifs is 1. The van der Waals surface area contributed by atoms with Crippen LogP contribution in [-0.4, -0.2) is 26.4 Å². The fourth-order valence-corrected chi connectivity index (χ4v) is 4.61. The van der Waals surface area contributed by atoms with Crippen LogP contribution in [-0.2, 0) is 16.4 Å². The number of benzene rings is 2. The van der Waals surface area contributed by atoms with Crippen LogP contribution in [0.15, 0.2) is 47.4 Å². The van der Waals surface area contributed by atoms with Crippen molar-refractivity contribution in [1.29, 1.82) is 0 Å². The second-order valence-corrected chi connectivity index (χ2v) is 7.69. The van der Waals surface area contributed by atoms with Gasteiger partial charge in [0, 0.05) is 18.7 Å². The lowest BCUT2D eigenvalue weighted by Crippen LogP contribution is -2.39. The van der Waals surface area contributed by atoms with Crippen LogP contribution in [0.1, 0.15) is 22.7 Å². The van der Waals surface area contributed by atoms with Gasteiger partial charge in [0.1, 0.15) is 0 Å². The average molecular weight is 398 g/mol. The van der Waals surface area contributed by atoms with Gasteiger partial charge in [-0.3, -0.25) is 10.1 Å². The number of aryl methyl sites for hydroxylation is 1. The van der Waals surface area contributed by atoms with Crippen LogP contribution in [0.4, 0.5) is 5.69 Å². The largest absolute Gasteiger partial charge is 0.308 e. The lowest BCUT2D eigenvalue weighted by molar-refractivity contribution is -0.387. The van der Waals surface area contributed by atoms with E-state index < -0.39 is 20.6 Å². The van der Waals surface area contributed by atoms with Gasteiger partial charge in [-0.15, -0.1) is 12.4 Å². The van der Waals surface area contributed by atoms with E-state index >= 15 is 0 Å². The van der Waals surface area contributed by atoms with Gasteiger partial charge in [-0.1, -0.05) is 36.4 Å². The third kappa shape index (κ3) is 4.04. The summed E-state index contributed by atoms with van der Waals surface area (Å²) in [5, 5.41) is 14.5. The SMILES string of the molecule is Cc1cccc([N+](=O)[O-])c1S(=O)(=O)NCC1NCCc2ccccc21.Cl. The first kappa shape index (κ1) is 20.3. The molecule has 140 valence electrons. The molecule has 1 aliphatic rings. The number of halogens is 1. The lowest BCUT2D eigenvalue weighted by Gasteiger charge is -2.27. The first-order chi connectivity index (χ1) is 11.9. The first-order valence-electron chi connectivity index (χ1n) is 7.95. The number of sulfonamides is 1. The lowest BCUT2D eigenvalue weighted by atomic mass is 9.95. The second-order valence-electron chi connectivity index (χ2n) is 5.99. The summed E-state index contributed by atoms with van der Waals surface area (Å²) in [6.45, 7) is 2.44. The Kier molecular flexibility index (Phi) is 6.35. The molecule has 0 saturated heterocycles. The minimum Gasteiger partial charge on any atom is -0.308 e. The molecule has 2 N–H and O–H groups in total. The zero-order valence-electron chi connectivity index (χ0n) is 14.1. The van der Waals surface area contributed by atoms with Crippen molar-refractivity contribution >= 4 is 28.1 Å². The van der Waals surface area contributed by atoms with Crippen molar-refractivity contribution in [3.05, 3.63) is 69.3 Å². The van der Waals surface area contributed by atoms with Gasteiger partial charge in [0.05, 0.1) is 4.92 Å². The molecule has 1 aliphatic heterocycles. The maximum Gasteiger partial charge on any atom is 0.289 e. The Labute approximate surface area is 158 Å². The molecule has 0 spiro atoms. The molecular formula is C17H20ClN3O4S. The van der Waals surface area contributed by atoms with E-state index in [9.17, 15) is 18.5 Å². The topological polar surface area (TPSA) is 101 Å². The van der Waals surface area contributed by atoms with Gasteiger partial charge in [-0.25, -0.2) is 13.1 Å². The molecular weight excluding hydrogens is 378 g/mol.